The van der Waals surface area contributed by atoms with E-state index >= 15 is 0 Å². The zero-order valence-corrected chi connectivity index (χ0v) is 17.5. The van der Waals surface area contributed by atoms with Crippen LogP contribution in [0.4, 0.5) is 10.1 Å². The van der Waals surface area contributed by atoms with Crippen molar-refractivity contribution in [3.05, 3.63) is 82.0 Å². The van der Waals surface area contributed by atoms with E-state index in [0.29, 0.717) is 40.8 Å². The molecular weight excluding hydrogens is 411 g/mol. The van der Waals surface area contributed by atoms with Gasteiger partial charge in [0.2, 0.25) is 0 Å². The molecule has 0 unspecified atom stereocenters. The number of nitrogens with two attached hydrogens (primary N) is 1. The quantitative estimate of drug-likeness (QED) is 0.602. The third kappa shape index (κ3) is 4.45. The number of fused-ring (bicyclic) bond motifs is 1. The number of carbonyl (C=O) groups is 1. The summed E-state index contributed by atoms with van der Waals surface area (Å²) in [6.45, 7) is 1.26. The summed E-state index contributed by atoms with van der Waals surface area (Å²) in [5.41, 5.74) is 7.74. The van der Waals surface area contributed by atoms with Gasteiger partial charge in [-0.05, 0) is 55.0 Å². The summed E-state index contributed by atoms with van der Waals surface area (Å²) in [4.78, 5) is 34.0. The number of aromatic nitrogens is 1. The van der Waals surface area contributed by atoms with E-state index in [0.717, 1.165) is 6.42 Å². The molecule has 0 bridgehead atoms. The van der Waals surface area contributed by atoms with Crippen LogP contribution >= 0.6 is 0 Å². The van der Waals surface area contributed by atoms with Crippen LogP contribution in [-0.2, 0) is 4.74 Å². The highest BCUT2D eigenvalue weighted by Gasteiger charge is 2.26. The highest BCUT2D eigenvalue weighted by molar-refractivity contribution is 6.11. The summed E-state index contributed by atoms with van der Waals surface area (Å²) in [7, 11) is 1.65. The number of pyridine rings is 1. The highest BCUT2D eigenvalue weighted by Crippen LogP contribution is 2.20. The maximum absolute atomic E-state index is 13.6. The SMILES string of the molecule is CO[C@H]1CCN(C(=O)c2ccc(N=CC(=CN)c3cc4cc(F)ccc4[nH]c3=O)cc2)C1. The van der Waals surface area contributed by atoms with Crippen molar-refractivity contribution in [1.82, 2.24) is 9.88 Å². The summed E-state index contributed by atoms with van der Waals surface area (Å²) in [5.74, 6) is -0.443. The minimum absolute atomic E-state index is 0.0439. The van der Waals surface area contributed by atoms with Crippen molar-refractivity contribution in [3.8, 4) is 0 Å². The molecule has 1 saturated heterocycles. The molecule has 1 fully saturated rings. The Morgan fingerprint density at radius 1 is 1.25 bits per heavy atom. The Kier molecular flexibility index (Phi) is 6.13. The number of nitrogens with zero attached hydrogens (tertiary/aromatic N) is 2. The van der Waals surface area contributed by atoms with Crippen LogP contribution in [0.15, 0.2) is 64.5 Å². The first-order valence-corrected chi connectivity index (χ1v) is 10.2. The average molecular weight is 434 g/mol. The van der Waals surface area contributed by atoms with Crippen molar-refractivity contribution in [1.29, 1.82) is 0 Å². The Hall–Kier alpha value is -3.78. The minimum atomic E-state index is -0.399. The van der Waals surface area contributed by atoms with Gasteiger partial charge in [0.25, 0.3) is 11.5 Å². The van der Waals surface area contributed by atoms with Crippen LogP contribution in [0.5, 0.6) is 0 Å². The molecule has 1 aliphatic rings. The van der Waals surface area contributed by atoms with Crippen molar-refractivity contribution in [2.75, 3.05) is 20.2 Å². The summed E-state index contributed by atoms with van der Waals surface area (Å²) in [5, 5.41) is 0.549. The number of carbonyl (C=O) groups excluding carboxylic acids is 1. The number of benzene rings is 2. The number of halogens is 1. The second-order valence-electron chi connectivity index (χ2n) is 7.57. The summed E-state index contributed by atoms with van der Waals surface area (Å²) >= 11 is 0. The maximum Gasteiger partial charge on any atom is 0.256 e. The lowest BCUT2D eigenvalue weighted by atomic mass is 10.1. The Bertz CT molecular complexity index is 1260. The van der Waals surface area contributed by atoms with Gasteiger partial charge in [0.15, 0.2) is 0 Å². The van der Waals surface area contributed by atoms with Crippen LogP contribution in [-0.4, -0.2) is 48.3 Å². The zero-order chi connectivity index (χ0) is 22.7. The fraction of sp³-hybridized carbons (Fsp3) is 0.208. The molecule has 1 amide bonds. The standard InChI is InChI=1S/C24H23FN4O3/c1-32-20-8-9-29(14-20)24(31)15-2-5-19(6-3-15)27-13-17(12-26)21-11-16-10-18(25)4-7-22(16)28-23(21)30/h2-7,10-13,20H,8-9,14,26H2,1H3,(H,28,30)/t20-/m0/s1. The van der Waals surface area contributed by atoms with Crippen LogP contribution in [0.25, 0.3) is 16.5 Å². The molecule has 4 rings (SSSR count). The largest absolute Gasteiger partial charge is 0.404 e. The number of methoxy groups -OCH3 is 1. The molecule has 0 radical (unpaired) electrons. The molecule has 1 atom stereocenters. The third-order valence-corrected chi connectivity index (χ3v) is 5.53. The van der Waals surface area contributed by atoms with Crippen molar-refractivity contribution in [2.45, 2.75) is 12.5 Å². The topological polar surface area (TPSA) is 101 Å². The maximum atomic E-state index is 13.6. The number of rotatable bonds is 5. The molecule has 0 aliphatic carbocycles. The van der Waals surface area contributed by atoms with Gasteiger partial charge in [-0.3, -0.25) is 14.6 Å². The lowest BCUT2D eigenvalue weighted by Crippen LogP contribution is -2.29. The number of aliphatic imine (C=N–C) groups is 1. The molecule has 7 nitrogen and oxygen atoms in total. The van der Waals surface area contributed by atoms with Crippen LogP contribution < -0.4 is 11.3 Å². The lowest BCUT2D eigenvalue weighted by Gasteiger charge is -2.16. The number of allylic oxidation sites excluding steroid dienone is 1. The summed E-state index contributed by atoms with van der Waals surface area (Å²) in [6, 6.07) is 12.6. The van der Waals surface area contributed by atoms with E-state index in [1.54, 1.807) is 42.3 Å². The van der Waals surface area contributed by atoms with Crippen LogP contribution in [0, 0.1) is 5.82 Å². The van der Waals surface area contributed by atoms with Crippen LogP contribution in [0.1, 0.15) is 22.3 Å². The molecule has 0 saturated carbocycles. The Balaban J connectivity index is 1.52. The van der Waals surface area contributed by atoms with E-state index in [2.05, 4.69) is 9.98 Å². The second kappa shape index (κ2) is 9.15. The van der Waals surface area contributed by atoms with Gasteiger partial charge in [-0.15, -0.1) is 0 Å². The number of hydrogen-bond donors (Lipinski definition) is 2. The fourth-order valence-corrected chi connectivity index (χ4v) is 3.72. The van der Waals surface area contributed by atoms with Crippen LogP contribution in [0.3, 0.4) is 0 Å². The number of ether oxygens (including phenoxy) is 1. The van der Waals surface area contributed by atoms with E-state index in [1.165, 1.54) is 30.6 Å². The van der Waals surface area contributed by atoms with E-state index < -0.39 is 5.82 Å². The van der Waals surface area contributed by atoms with Crippen molar-refractivity contribution in [3.63, 3.8) is 0 Å². The number of hydrogen-bond acceptors (Lipinski definition) is 5. The van der Waals surface area contributed by atoms with E-state index in [-0.39, 0.29) is 23.1 Å². The molecule has 1 aromatic heterocycles. The smallest absolute Gasteiger partial charge is 0.256 e. The molecule has 32 heavy (non-hydrogen) atoms. The molecule has 3 N–H and O–H groups in total. The fourth-order valence-electron chi connectivity index (χ4n) is 3.72. The van der Waals surface area contributed by atoms with Gasteiger partial charge in [-0.1, -0.05) is 0 Å². The Labute approximate surface area is 184 Å². The summed E-state index contributed by atoms with van der Waals surface area (Å²) in [6.07, 6.45) is 3.66. The molecule has 164 valence electrons. The zero-order valence-electron chi connectivity index (χ0n) is 17.5. The normalized spacial score (nSPS) is 16.9. The number of nitrogens with one attached hydrogen (secondary N) is 1. The predicted octanol–water partition coefficient (Wildman–Crippen LogP) is 3.23. The van der Waals surface area contributed by atoms with Gasteiger partial charge in [0.05, 0.1) is 17.4 Å². The monoisotopic (exact) mass is 434 g/mol. The molecule has 2 aromatic carbocycles. The number of aromatic amines is 1. The summed E-state index contributed by atoms with van der Waals surface area (Å²) < 4.78 is 18.9. The van der Waals surface area contributed by atoms with Crippen LogP contribution in [0.2, 0.25) is 0 Å². The molecule has 1 aliphatic heterocycles. The van der Waals surface area contributed by atoms with E-state index in [4.69, 9.17) is 10.5 Å². The number of H-pyrrole nitrogens is 1. The van der Waals surface area contributed by atoms with Gasteiger partial charge in [0, 0.05) is 54.7 Å². The lowest BCUT2D eigenvalue weighted by molar-refractivity contribution is 0.0724. The predicted molar refractivity (Wildman–Crippen MR) is 123 cm³/mol. The average Bonchev–Trinajstić information content (AvgIpc) is 3.29. The second-order valence-corrected chi connectivity index (χ2v) is 7.57. The molecule has 8 heteroatoms. The first-order valence-electron chi connectivity index (χ1n) is 10.2. The number of likely N-dealkylation sites (tertiary alicyclic amines) is 1. The Morgan fingerprint density at radius 3 is 2.72 bits per heavy atom. The van der Waals surface area contributed by atoms with Gasteiger partial charge in [-0.2, -0.15) is 0 Å². The molecule has 3 aromatic rings. The molecular formula is C24H23FN4O3. The third-order valence-electron chi connectivity index (χ3n) is 5.53. The van der Waals surface area contributed by atoms with Gasteiger partial charge < -0.3 is 20.4 Å². The van der Waals surface area contributed by atoms with Crippen molar-refractivity contribution in [2.24, 2.45) is 10.7 Å². The first kappa shape index (κ1) is 21.5. The van der Waals surface area contributed by atoms with Crippen molar-refractivity contribution < 1.29 is 13.9 Å². The van der Waals surface area contributed by atoms with Gasteiger partial charge in [0.1, 0.15) is 5.82 Å². The van der Waals surface area contributed by atoms with E-state index in [1.807, 2.05) is 0 Å². The number of amides is 1. The highest BCUT2D eigenvalue weighted by atomic mass is 19.1. The van der Waals surface area contributed by atoms with Gasteiger partial charge >= 0.3 is 0 Å². The van der Waals surface area contributed by atoms with Crippen molar-refractivity contribution >= 4 is 34.3 Å². The van der Waals surface area contributed by atoms with E-state index in [9.17, 15) is 14.0 Å². The minimum Gasteiger partial charge on any atom is -0.404 e. The van der Waals surface area contributed by atoms with Gasteiger partial charge in [-0.25, -0.2) is 4.39 Å². The first-order chi connectivity index (χ1) is 15.5. The molecule has 2 heterocycles. The molecule has 0 spiro atoms. The Morgan fingerprint density at radius 2 is 2.03 bits per heavy atom.